The van der Waals surface area contributed by atoms with E-state index >= 15 is 0 Å². The van der Waals surface area contributed by atoms with E-state index < -0.39 is 10.1 Å². The van der Waals surface area contributed by atoms with Crippen LogP contribution < -0.4 is 5.32 Å². The summed E-state index contributed by atoms with van der Waals surface area (Å²) in [5.41, 5.74) is 3.62. The van der Waals surface area contributed by atoms with Crippen LogP contribution in [0.4, 0.5) is 5.69 Å². The normalized spacial score (nSPS) is 13.3. The number of nitrogens with one attached hydrogen (secondary N) is 1. The van der Waals surface area contributed by atoms with E-state index in [4.69, 9.17) is 0 Å². The highest BCUT2D eigenvalue weighted by molar-refractivity contribution is 7.86. The number of anilines is 1. The Bertz CT molecular complexity index is 1120. The number of carbonyl (C=O) groups excluding carboxylic acids is 1. The first-order valence-electron chi connectivity index (χ1n) is 10.7. The monoisotopic (exact) mass is 451 g/mol. The zero-order valence-corrected chi connectivity index (χ0v) is 19.4. The van der Waals surface area contributed by atoms with Gasteiger partial charge in [0.1, 0.15) is 0 Å². The second kappa shape index (κ2) is 10.6. The van der Waals surface area contributed by atoms with Crippen molar-refractivity contribution >= 4 is 21.7 Å². The third-order valence-electron chi connectivity index (χ3n) is 5.76. The molecule has 2 unspecified atom stereocenters. The van der Waals surface area contributed by atoms with Crippen LogP contribution in [0.3, 0.4) is 0 Å². The van der Waals surface area contributed by atoms with Crippen molar-refractivity contribution in [2.75, 3.05) is 12.4 Å². The minimum Gasteiger partial charge on any atom is -0.322 e. The number of carbonyl (C=O) groups is 1. The summed E-state index contributed by atoms with van der Waals surface area (Å²) in [6.07, 6.45) is 2.13. The molecule has 0 aliphatic rings. The SMILES string of the molecule is CCC(CC(C)c1ccc(C(=O)Nc2ccc(S(=O)(=O)OC)cc2)cc1)c1ccccc1. The van der Waals surface area contributed by atoms with Crippen molar-refractivity contribution < 1.29 is 17.4 Å². The van der Waals surface area contributed by atoms with Crippen molar-refractivity contribution in [2.24, 2.45) is 0 Å². The second-order valence-corrected chi connectivity index (χ2v) is 9.59. The second-order valence-electron chi connectivity index (χ2n) is 7.87. The summed E-state index contributed by atoms with van der Waals surface area (Å²) in [5, 5.41) is 2.79. The third kappa shape index (κ3) is 5.84. The molecule has 0 saturated carbocycles. The smallest absolute Gasteiger partial charge is 0.296 e. The highest BCUT2D eigenvalue weighted by Gasteiger charge is 2.16. The van der Waals surface area contributed by atoms with Crippen LogP contribution in [0.25, 0.3) is 0 Å². The Morgan fingerprint density at radius 1 is 0.906 bits per heavy atom. The van der Waals surface area contributed by atoms with Gasteiger partial charge in [-0.3, -0.25) is 8.98 Å². The van der Waals surface area contributed by atoms with Gasteiger partial charge in [-0.1, -0.05) is 56.3 Å². The minimum absolute atomic E-state index is 0.0391. The molecule has 3 aromatic rings. The highest BCUT2D eigenvalue weighted by atomic mass is 32.2. The molecule has 5 nitrogen and oxygen atoms in total. The number of hydrogen-bond acceptors (Lipinski definition) is 4. The molecule has 0 aliphatic heterocycles. The molecule has 0 saturated heterocycles. The minimum atomic E-state index is -3.75. The summed E-state index contributed by atoms with van der Waals surface area (Å²) in [6.45, 7) is 4.44. The van der Waals surface area contributed by atoms with Gasteiger partial charge < -0.3 is 5.32 Å². The van der Waals surface area contributed by atoms with Crippen LogP contribution in [-0.2, 0) is 14.3 Å². The number of benzene rings is 3. The van der Waals surface area contributed by atoms with Crippen LogP contribution in [0.15, 0.2) is 83.8 Å². The average Bonchev–Trinajstić information content (AvgIpc) is 2.83. The van der Waals surface area contributed by atoms with Crippen LogP contribution in [0.5, 0.6) is 0 Å². The summed E-state index contributed by atoms with van der Waals surface area (Å²) < 4.78 is 27.9. The molecule has 32 heavy (non-hydrogen) atoms. The Labute approximate surface area is 190 Å². The van der Waals surface area contributed by atoms with Crippen LogP contribution in [-0.4, -0.2) is 21.4 Å². The summed E-state index contributed by atoms with van der Waals surface area (Å²) in [7, 11) is -2.64. The Kier molecular flexibility index (Phi) is 7.83. The van der Waals surface area contributed by atoms with E-state index in [1.807, 2.05) is 30.3 Å². The largest absolute Gasteiger partial charge is 0.322 e. The Morgan fingerprint density at radius 3 is 2.09 bits per heavy atom. The molecule has 3 aromatic carbocycles. The molecule has 0 fully saturated rings. The first-order chi connectivity index (χ1) is 15.3. The fourth-order valence-electron chi connectivity index (χ4n) is 3.79. The molecule has 1 N–H and O–H groups in total. The van der Waals surface area contributed by atoms with E-state index in [0.29, 0.717) is 23.1 Å². The fourth-order valence-corrected chi connectivity index (χ4v) is 4.46. The molecule has 0 spiro atoms. The van der Waals surface area contributed by atoms with E-state index in [9.17, 15) is 13.2 Å². The van der Waals surface area contributed by atoms with Gasteiger partial charge in [0.2, 0.25) is 0 Å². The topological polar surface area (TPSA) is 72.5 Å². The predicted molar refractivity (Wildman–Crippen MR) is 128 cm³/mol. The standard InChI is InChI=1S/C26H29NO4S/c1-4-20(22-8-6-5-7-9-22)18-19(2)21-10-12-23(13-11-21)26(28)27-24-14-16-25(17-15-24)32(29,30)31-3/h5-17,19-20H,4,18H2,1-3H3,(H,27,28). The van der Waals surface area contributed by atoms with E-state index in [-0.39, 0.29) is 10.8 Å². The lowest BCUT2D eigenvalue weighted by Gasteiger charge is -2.21. The molecule has 0 radical (unpaired) electrons. The van der Waals surface area contributed by atoms with Crippen molar-refractivity contribution in [3.8, 4) is 0 Å². The lowest BCUT2D eigenvalue weighted by Crippen LogP contribution is -2.12. The predicted octanol–water partition coefficient (Wildman–Crippen LogP) is 5.96. The highest BCUT2D eigenvalue weighted by Crippen LogP contribution is 2.32. The van der Waals surface area contributed by atoms with Crippen molar-refractivity contribution in [1.82, 2.24) is 0 Å². The van der Waals surface area contributed by atoms with Crippen LogP contribution in [0.2, 0.25) is 0 Å². The maximum absolute atomic E-state index is 12.6. The lowest BCUT2D eigenvalue weighted by atomic mass is 9.84. The van der Waals surface area contributed by atoms with Gasteiger partial charge in [0.25, 0.3) is 16.0 Å². The van der Waals surface area contributed by atoms with Crippen molar-refractivity contribution in [3.63, 3.8) is 0 Å². The molecule has 0 aromatic heterocycles. The van der Waals surface area contributed by atoms with Gasteiger partial charge in [0, 0.05) is 11.3 Å². The molecule has 0 heterocycles. The zero-order valence-electron chi connectivity index (χ0n) is 18.6. The molecule has 6 heteroatoms. The molecule has 1 amide bonds. The molecular formula is C26H29NO4S. The lowest BCUT2D eigenvalue weighted by molar-refractivity contribution is 0.102. The van der Waals surface area contributed by atoms with E-state index in [2.05, 4.69) is 47.6 Å². The van der Waals surface area contributed by atoms with Crippen molar-refractivity contribution in [1.29, 1.82) is 0 Å². The molecular weight excluding hydrogens is 422 g/mol. The number of amides is 1. The third-order valence-corrected chi connectivity index (χ3v) is 7.05. The van der Waals surface area contributed by atoms with Crippen molar-refractivity contribution in [3.05, 3.63) is 95.6 Å². The average molecular weight is 452 g/mol. The van der Waals surface area contributed by atoms with E-state index in [0.717, 1.165) is 20.0 Å². The van der Waals surface area contributed by atoms with Gasteiger partial charge in [0.15, 0.2) is 0 Å². The maximum Gasteiger partial charge on any atom is 0.296 e. The quantitative estimate of drug-likeness (QED) is 0.407. The van der Waals surface area contributed by atoms with Gasteiger partial charge in [0.05, 0.1) is 12.0 Å². The van der Waals surface area contributed by atoms with Gasteiger partial charge in [-0.05, 0) is 72.2 Å². The Balaban J connectivity index is 1.64. The molecule has 168 valence electrons. The molecule has 0 aliphatic carbocycles. The van der Waals surface area contributed by atoms with Gasteiger partial charge in [-0.2, -0.15) is 8.42 Å². The van der Waals surface area contributed by atoms with Gasteiger partial charge in [-0.15, -0.1) is 0 Å². The fraction of sp³-hybridized carbons (Fsp3) is 0.269. The summed E-state index contributed by atoms with van der Waals surface area (Å²) in [5.74, 6) is 0.619. The van der Waals surface area contributed by atoms with Crippen LogP contribution in [0, 0.1) is 0 Å². The number of hydrogen-bond donors (Lipinski definition) is 1. The van der Waals surface area contributed by atoms with Crippen LogP contribution >= 0.6 is 0 Å². The Morgan fingerprint density at radius 2 is 1.53 bits per heavy atom. The van der Waals surface area contributed by atoms with Crippen molar-refractivity contribution in [2.45, 2.75) is 43.4 Å². The molecule has 0 bridgehead atoms. The Hall–Kier alpha value is -2.96. The zero-order chi connectivity index (χ0) is 23.1. The molecule has 3 rings (SSSR count). The van der Waals surface area contributed by atoms with Gasteiger partial charge >= 0.3 is 0 Å². The van der Waals surface area contributed by atoms with Gasteiger partial charge in [-0.25, -0.2) is 0 Å². The number of rotatable bonds is 9. The summed E-state index contributed by atoms with van der Waals surface area (Å²) in [4.78, 5) is 12.6. The summed E-state index contributed by atoms with van der Waals surface area (Å²) >= 11 is 0. The first-order valence-corrected chi connectivity index (χ1v) is 12.1. The van der Waals surface area contributed by atoms with E-state index in [1.165, 1.54) is 35.4 Å². The van der Waals surface area contributed by atoms with E-state index in [1.54, 1.807) is 0 Å². The summed E-state index contributed by atoms with van der Waals surface area (Å²) in [6, 6.07) is 24.1. The van der Waals surface area contributed by atoms with Crippen LogP contribution in [0.1, 0.15) is 60.0 Å². The maximum atomic E-state index is 12.6. The molecule has 2 atom stereocenters. The first kappa shape index (κ1) is 23.7.